The van der Waals surface area contributed by atoms with E-state index in [-0.39, 0.29) is 0 Å². The number of esters is 2. The molecule has 0 atom stereocenters. The zero-order valence-corrected chi connectivity index (χ0v) is 19.9. The van der Waals surface area contributed by atoms with Crippen LogP contribution in [0.4, 0.5) is 0 Å². The largest absolute Gasteiger partial charge is 0.481 e. The summed E-state index contributed by atoms with van der Waals surface area (Å²) >= 11 is 0. The third kappa shape index (κ3) is 21.0. The van der Waals surface area contributed by atoms with Crippen molar-refractivity contribution >= 4 is 23.9 Å². The molecule has 0 aromatic carbocycles. The molecule has 0 aromatic heterocycles. The minimum Gasteiger partial charge on any atom is -0.481 e. The summed E-state index contributed by atoms with van der Waals surface area (Å²) in [5.74, 6) is -2.95. The molecule has 0 aliphatic rings. The number of carbonyl (C=O) groups excluding carboxylic acids is 2. The van der Waals surface area contributed by atoms with Gasteiger partial charge >= 0.3 is 23.9 Å². The summed E-state index contributed by atoms with van der Waals surface area (Å²) in [6, 6.07) is 0. The van der Waals surface area contributed by atoms with Gasteiger partial charge in [0.2, 0.25) is 0 Å². The number of carboxylic acid groups (broad SMARTS) is 2. The van der Waals surface area contributed by atoms with Crippen LogP contribution in [0.3, 0.4) is 0 Å². The Morgan fingerprint density at radius 3 is 1.13 bits per heavy atom. The van der Waals surface area contributed by atoms with E-state index in [1.54, 1.807) is 0 Å². The van der Waals surface area contributed by atoms with Crippen LogP contribution in [-0.2, 0) is 23.9 Å². The van der Waals surface area contributed by atoms with Crippen molar-refractivity contribution in [2.75, 3.05) is 13.2 Å². The number of aliphatic hydroxyl groups excluding tert-OH is 2. The SMILES string of the molecule is CC(C)(CO)C(=O)OC(=O)C(C)(C)CO.CCCCCC(=O)O.CCCCCC(=O)O. The van der Waals surface area contributed by atoms with E-state index in [0.29, 0.717) is 12.8 Å². The van der Waals surface area contributed by atoms with Gasteiger partial charge in [-0.3, -0.25) is 19.2 Å². The molecule has 0 saturated carbocycles. The average Bonchev–Trinajstić information content (AvgIpc) is 2.68. The third-order valence-electron chi connectivity index (χ3n) is 4.07. The van der Waals surface area contributed by atoms with Gasteiger partial charge in [-0.1, -0.05) is 39.5 Å². The zero-order valence-electron chi connectivity index (χ0n) is 19.9. The van der Waals surface area contributed by atoms with E-state index in [9.17, 15) is 19.2 Å². The fourth-order valence-corrected chi connectivity index (χ4v) is 1.54. The molecule has 0 rings (SSSR count). The minimum absolute atomic E-state index is 0.327. The van der Waals surface area contributed by atoms with Crippen molar-refractivity contribution in [1.29, 1.82) is 0 Å². The number of unbranched alkanes of at least 4 members (excludes halogenated alkanes) is 4. The number of rotatable bonds is 12. The highest BCUT2D eigenvalue weighted by Crippen LogP contribution is 2.21. The fraction of sp³-hybridized carbons (Fsp3) is 0.818. The third-order valence-corrected chi connectivity index (χ3v) is 4.07. The highest BCUT2D eigenvalue weighted by atomic mass is 16.6. The monoisotopic (exact) mass is 450 g/mol. The zero-order chi connectivity index (χ0) is 25.1. The lowest BCUT2D eigenvalue weighted by molar-refractivity contribution is -0.174. The van der Waals surface area contributed by atoms with Gasteiger partial charge in [0, 0.05) is 12.8 Å². The number of aliphatic carboxylic acids is 2. The Labute approximate surface area is 185 Å². The van der Waals surface area contributed by atoms with Gasteiger partial charge in [0.05, 0.1) is 24.0 Å². The summed E-state index contributed by atoms with van der Waals surface area (Å²) in [5.41, 5.74) is -2.22. The van der Waals surface area contributed by atoms with Gasteiger partial charge in [-0.2, -0.15) is 0 Å². The molecule has 0 aromatic rings. The van der Waals surface area contributed by atoms with Crippen molar-refractivity contribution < 1.29 is 44.3 Å². The fourth-order valence-electron chi connectivity index (χ4n) is 1.54. The van der Waals surface area contributed by atoms with Gasteiger partial charge in [-0.15, -0.1) is 0 Å². The standard InChI is InChI=1S/C10H18O5.2C6H12O2/c1-9(2,5-11)7(13)15-8(14)10(3,4)6-12;2*1-2-3-4-5-6(7)8/h11-12H,5-6H2,1-4H3;2*2-5H2,1H3,(H,7,8). The van der Waals surface area contributed by atoms with Crippen LogP contribution in [0.25, 0.3) is 0 Å². The molecular formula is C22H42O9. The van der Waals surface area contributed by atoms with Crippen LogP contribution in [0.1, 0.15) is 92.9 Å². The van der Waals surface area contributed by atoms with Crippen molar-refractivity contribution in [3.05, 3.63) is 0 Å². The first-order chi connectivity index (χ1) is 14.2. The molecule has 4 N–H and O–H groups in total. The Morgan fingerprint density at radius 1 is 0.645 bits per heavy atom. The van der Waals surface area contributed by atoms with Gasteiger partial charge in [0.25, 0.3) is 0 Å². The lowest BCUT2D eigenvalue weighted by atomic mass is 9.93. The average molecular weight is 451 g/mol. The molecule has 31 heavy (non-hydrogen) atoms. The smallest absolute Gasteiger partial charge is 0.321 e. The Balaban J connectivity index is -0.000000415. The predicted octanol–water partition coefficient (Wildman–Crippen LogP) is 3.40. The van der Waals surface area contributed by atoms with Gasteiger partial charge in [-0.05, 0) is 40.5 Å². The topological polar surface area (TPSA) is 158 Å². The Morgan fingerprint density at radius 2 is 0.935 bits per heavy atom. The molecule has 0 fully saturated rings. The van der Waals surface area contributed by atoms with E-state index < -0.39 is 47.9 Å². The number of carbonyl (C=O) groups is 4. The second kappa shape index (κ2) is 18.7. The highest BCUT2D eigenvalue weighted by Gasteiger charge is 2.36. The van der Waals surface area contributed by atoms with Gasteiger partial charge < -0.3 is 25.2 Å². The summed E-state index contributed by atoms with van der Waals surface area (Å²) in [5, 5.41) is 34.0. The van der Waals surface area contributed by atoms with Gasteiger partial charge in [0.1, 0.15) is 0 Å². The molecule has 0 amide bonds. The molecule has 0 saturated heterocycles. The van der Waals surface area contributed by atoms with Crippen LogP contribution in [0, 0.1) is 10.8 Å². The summed E-state index contributed by atoms with van der Waals surface area (Å²) in [7, 11) is 0. The van der Waals surface area contributed by atoms with E-state index in [2.05, 4.69) is 18.6 Å². The maximum absolute atomic E-state index is 11.4. The second-order valence-electron chi connectivity index (χ2n) is 8.46. The van der Waals surface area contributed by atoms with Crippen LogP contribution >= 0.6 is 0 Å². The molecule has 0 unspecified atom stereocenters. The van der Waals surface area contributed by atoms with E-state index in [4.69, 9.17) is 20.4 Å². The molecule has 0 heterocycles. The Hall–Kier alpha value is -2.00. The van der Waals surface area contributed by atoms with Gasteiger partial charge in [0.15, 0.2) is 0 Å². The molecule has 9 heteroatoms. The summed E-state index contributed by atoms with van der Waals surface area (Å²) in [6.07, 6.45) is 6.55. The van der Waals surface area contributed by atoms with E-state index in [1.807, 2.05) is 0 Å². The molecular weight excluding hydrogens is 408 g/mol. The predicted molar refractivity (Wildman–Crippen MR) is 116 cm³/mol. The van der Waals surface area contributed by atoms with Crippen LogP contribution < -0.4 is 0 Å². The number of hydrogen-bond acceptors (Lipinski definition) is 7. The first-order valence-electron chi connectivity index (χ1n) is 10.6. The summed E-state index contributed by atoms with van der Waals surface area (Å²) in [4.78, 5) is 42.5. The molecule has 184 valence electrons. The number of carboxylic acids is 2. The van der Waals surface area contributed by atoms with Crippen molar-refractivity contribution in [3.63, 3.8) is 0 Å². The number of aliphatic hydroxyl groups is 2. The first-order valence-corrected chi connectivity index (χ1v) is 10.6. The minimum atomic E-state index is -1.11. The second-order valence-corrected chi connectivity index (χ2v) is 8.46. The van der Waals surface area contributed by atoms with Crippen molar-refractivity contribution in [3.8, 4) is 0 Å². The van der Waals surface area contributed by atoms with Crippen LogP contribution in [0.5, 0.6) is 0 Å². The maximum atomic E-state index is 11.4. The number of ether oxygens (including phenoxy) is 1. The summed E-state index contributed by atoms with van der Waals surface area (Å²) < 4.78 is 4.56. The lowest BCUT2D eigenvalue weighted by Crippen LogP contribution is -2.38. The molecule has 0 spiro atoms. The maximum Gasteiger partial charge on any atom is 0.321 e. The van der Waals surface area contributed by atoms with E-state index >= 15 is 0 Å². The normalized spacial score (nSPS) is 10.7. The molecule has 0 bridgehead atoms. The Bertz CT molecular complexity index is 479. The van der Waals surface area contributed by atoms with Crippen LogP contribution in [-0.4, -0.2) is 57.5 Å². The highest BCUT2D eigenvalue weighted by molar-refractivity contribution is 5.91. The van der Waals surface area contributed by atoms with E-state index in [0.717, 1.165) is 38.5 Å². The first kappa shape index (κ1) is 33.6. The molecule has 9 nitrogen and oxygen atoms in total. The van der Waals surface area contributed by atoms with Crippen LogP contribution in [0.2, 0.25) is 0 Å². The van der Waals surface area contributed by atoms with Crippen LogP contribution in [0.15, 0.2) is 0 Å². The quantitative estimate of drug-likeness (QED) is 0.198. The van der Waals surface area contributed by atoms with Crippen molar-refractivity contribution in [2.24, 2.45) is 10.8 Å². The molecule has 0 aliphatic carbocycles. The number of hydrogen-bond donors (Lipinski definition) is 4. The Kier molecular flexibility index (Phi) is 20.3. The van der Waals surface area contributed by atoms with Crippen molar-refractivity contribution in [2.45, 2.75) is 92.9 Å². The lowest BCUT2D eigenvalue weighted by Gasteiger charge is -2.23. The van der Waals surface area contributed by atoms with Gasteiger partial charge in [-0.25, -0.2) is 0 Å². The van der Waals surface area contributed by atoms with E-state index in [1.165, 1.54) is 27.7 Å². The van der Waals surface area contributed by atoms with Crippen molar-refractivity contribution in [1.82, 2.24) is 0 Å². The summed E-state index contributed by atoms with van der Waals surface area (Å²) in [6.45, 7) is 9.17. The molecule has 0 radical (unpaired) electrons. The molecule has 0 aliphatic heterocycles.